The van der Waals surface area contributed by atoms with Crippen LogP contribution in [0.5, 0.6) is 17.2 Å². The Kier molecular flexibility index (Phi) is 7.32. The fourth-order valence-electron chi connectivity index (χ4n) is 3.44. The molecule has 0 aromatic heterocycles. The van der Waals surface area contributed by atoms with E-state index in [0.717, 1.165) is 24.4 Å². The molecule has 1 fully saturated rings. The predicted molar refractivity (Wildman–Crippen MR) is 110 cm³/mol. The number of carbonyl (C=O) groups excluding carboxylic acids is 1. The molecule has 0 aliphatic carbocycles. The molecule has 3 rings (SSSR count). The first kappa shape index (κ1) is 21.0. The summed E-state index contributed by atoms with van der Waals surface area (Å²) in [6.07, 6.45) is 0. The number of ether oxygens (including phenoxy) is 4. The fourth-order valence-corrected chi connectivity index (χ4v) is 3.44. The predicted octanol–water partition coefficient (Wildman–Crippen LogP) is 2.52. The van der Waals surface area contributed by atoms with Gasteiger partial charge >= 0.3 is 0 Å². The number of morpholine rings is 1. The Bertz CT molecular complexity index is 803. The third-order valence-corrected chi connectivity index (χ3v) is 5.09. The summed E-state index contributed by atoms with van der Waals surface area (Å²) < 4.78 is 21.5. The summed E-state index contributed by atoms with van der Waals surface area (Å²) in [4.78, 5) is 15.0. The maximum absolute atomic E-state index is 12.6. The molecule has 7 heteroatoms. The number of rotatable bonds is 8. The SMILES string of the molecule is COc1ccc(C(=O)NC[C@H](c2ccc(OC)c(OC)c2)N2CCOCC2)cc1. The highest BCUT2D eigenvalue weighted by atomic mass is 16.5. The zero-order chi connectivity index (χ0) is 20.6. The molecule has 7 nitrogen and oxygen atoms in total. The Balaban J connectivity index is 1.77. The van der Waals surface area contributed by atoms with Crippen LogP contribution in [0.25, 0.3) is 0 Å². The molecule has 2 aromatic rings. The Morgan fingerprint density at radius 2 is 1.69 bits per heavy atom. The zero-order valence-corrected chi connectivity index (χ0v) is 17.1. The molecule has 0 radical (unpaired) electrons. The van der Waals surface area contributed by atoms with Crippen molar-refractivity contribution in [3.05, 3.63) is 53.6 Å². The third-order valence-electron chi connectivity index (χ3n) is 5.09. The van der Waals surface area contributed by atoms with Crippen LogP contribution in [0.15, 0.2) is 42.5 Å². The van der Waals surface area contributed by atoms with Crippen molar-refractivity contribution in [3.63, 3.8) is 0 Å². The van der Waals surface area contributed by atoms with Gasteiger partial charge in [-0.25, -0.2) is 0 Å². The number of carbonyl (C=O) groups is 1. The van der Waals surface area contributed by atoms with E-state index in [1.807, 2.05) is 18.2 Å². The van der Waals surface area contributed by atoms with Gasteiger partial charge in [0.1, 0.15) is 5.75 Å². The Morgan fingerprint density at radius 1 is 1.00 bits per heavy atom. The van der Waals surface area contributed by atoms with Gasteiger partial charge in [-0.05, 0) is 42.0 Å². The van der Waals surface area contributed by atoms with Gasteiger partial charge in [0.05, 0.1) is 40.6 Å². The van der Waals surface area contributed by atoms with E-state index in [9.17, 15) is 4.79 Å². The molecule has 2 aromatic carbocycles. The van der Waals surface area contributed by atoms with Gasteiger partial charge in [0.25, 0.3) is 5.91 Å². The smallest absolute Gasteiger partial charge is 0.251 e. The van der Waals surface area contributed by atoms with E-state index in [2.05, 4.69) is 10.2 Å². The molecule has 1 heterocycles. The van der Waals surface area contributed by atoms with E-state index in [0.29, 0.717) is 36.8 Å². The van der Waals surface area contributed by atoms with Gasteiger partial charge in [0.2, 0.25) is 0 Å². The van der Waals surface area contributed by atoms with Crippen LogP contribution >= 0.6 is 0 Å². The quantitative estimate of drug-likeness (QED) is 0.734. The summed E-state index contributed by atoms with van der Waals surface area (Å²) in [5.74, 6) is 1.95. The Morgan fingerprint density at radius 3 is 2.31 bits per heavy atom. The molecular weight excluding hydrogens is 372 g/mol. The van der Waals surface area contributed by atoms with Gasteiger partial charge in [0.15, 0.2) is 11.5 Å². The van der Waals surface area contributed by atoms with Crippen LogP contribution in [0.4, 0.5) is 0 Å². The van der Waals surface area contributed by atoms with Crippen LogP contribution in [0, 0.1) is 0 Å². The molecule has 1 aliphatic rings. The summed E-state index contributed by atoms with van der Waals surface area (Å²) in [6.45, 7) is 3.43. The second kappa shape index (κ2) is 10.1. The molecule has 1 amide bonds. The molecule has 0 saturated carbocycles. The molecule has 29 heavy (non-hydrogen) atoms. The minimum Gasteiger partial charge on any atom is -0.497 e. The summed E-state index contributed by atoms with van der Waals surface area (Å²) in [5.41, 5.74) is 1.65. The molecule has 1 aliphatic heterocycles. The lowest BCUT2D eigenvalue weighted by atomic mass is 10.0. The molecule has 0 unspecified atom stereocenters. The lowest BCUT2D eigenvalue weighted by Gasteiger charge is -2.35. The van der Waals surface area contributed by atoms with E-state index in [1.54, 1.807) is 45.6 Å². The highest BCUT2D eigenvalue weighted by Crippen LogP contribution is 2.32. The average molecular weight is 400 g/mol. The van der Waals surface area contributed by atoms with Crippen LogP contribution in [0.1, 0.15) is 22.0 Å². The molecule has 0 spiro atoms. The van der Waals surface area contributed by atoms with Crippen LogP contribution in [-0.4, -0.2) is 65.0 Å². The Hall–Kier alpha value is -2.77. The number of benzene rings is 2. The summed E-state index contributed by atoms with van der Waals surface area (Å²) in [7, 11) is 4.84. The van der Waals surface area contributed by atoms with Crippen molar-refractivity contribution in [3.8, 4) is 17.2 Å². The van der Waals surface area contributed by atoms with Gasteiger partial charge < -0.3 is 24.3 Å². The molecule has 0 bridgehead atoms. The van der Waals surface area contributed by atoms with E-state index in [-0.39, 0.29) is 11.9 Å². The number of amides is 1. The average Bonchev–Trinajstić information content (AvgIpc) is 2.79. The van der Waals surface area contributed by atoms with Crippen molar-refractivity contribution in [2.24, 2.45) is 0 Å². The van der Waals surface area contributed by atoms with Crippen molar-refractivity contribution in [1.29, 1.82) is 0 Å². The first-order valence-electron chi connectivity index (χ1n) is 9.62. The van der Waals surface area contributed by atoms with Gasteiger partial charge in [-0.15, -0.1) is 0 Å². The topological polar surface area (TPSA) is 69.3 Å². The fraction of sp³-hybridized carbons (Fsp3) is 0.409. The molecule has 1 atom stereocenters. The highest BCUT2D eigenvalue weighted by Gasteiger charge is 2.24. The van der Waals surface area contributed by atoms with E-state index < -0.39 is 0 Å². The Labute approximate surface area is 171 Å². The van der Waals surface area contributed by atoms with Crippen molar-refractivity contribution >= 4 is 5.91 Å². The van der Waals surface area contributed by atoms with E-state index in [1.165, 1.54) is 0 Å². The maximum atomic E-state index is 12.6. The number of methoxy groups -OCH3 is 3. The molecule has 1 N–H and O–H groups in total. The second-order valence-corrected chi connectivity index (χ2v) is 6.72. The number of hydrogen-bond acceptors (Lipinski definition) is 6. The summed E-state index contributed by atoms with van der Waals surface area (Å²) in [5, 5.41) is 3.06. The minimum atomic E-state index is -0.119. The van der Waals surface area contributed by atoms with Crippen LogP contribution in [0.2, 0.25) is 0 Å². The highest BCUT2D eigenvalue weighted by molar-refractivity contribution is 5.94. The first-order chi connectivity index (χ1) is 14.2. The maximum Gasteiger partial charge on any atom is 0.251 e. The number of nitrogens with one attached hydrogen (secondary N) is 1. The molecule has 1 saturated heterocycles. The van der Waals surface area contributed by atoms with Gasteiger partial charge in [-0.3, -0.25) is 9.69 Å². The molecule has 156 valence electrons. The first-order valence-corrected chi connectivity index (χ1v) is 9.62. The second-order valence-electron chi connectivity index (χ2n) is 6.72. The van der Waals surface area contributed by atoms with Crippen LogP contribution in [-0.2, 0) is 4.74 Å². The standard InChI is InChI=1S/C22H28N2O5/c1-26-18-7-4-16(5-8-18)22(25)23-15-19(24-10-12-29-13-11-24)17-6-9-20(27-2)21(14-17)28-3/h4-9,14,19H,10-13,15H2,1-3H3,(H,23,25)/t19-/m1/s1. The largest absolute Gasteiger partial charge is 0.497 e. The zero-order valence-electron chi connectivity index (χ0n) is 17.1. The van der Waals surface area contributed by atoms with E-state index in [4.69, 9.17) is 18.9 Å². The summed E-state index contributed by atoms with van der Waals surface area (Å²) in [6, 6.07) is 13.0. The third kappa shape index (κ3) is 5.19. The van der Waals surface area contributed by atoms with Crippen molar-refractivity contribution < 1.29 is 23.7 Å². The van der Waals surface area contributed by atoms with E-state index >= 15 is 0 Å². The normalized spacial score (nSPS) is 15.4. The van der Waals surface area contributed by atoms with Gasteiger partial charge in [-0.2, -0.15) is 0 Å². The summed E-state index contributed by atoms with van der Waals surface area (Å²) >= 11 is 0. The molecular formula is C22H28N2O5. The van der Waals surface area contributed by atoms with Gasteiger partial charge in [-0.1, -0.05) is 6.07 Å². The lowest BCUT2D eigenvalue weighted by molar-refractivity contribution is 0.0162. The van der Waals surface area contributed by atoms with Gasteiger partial charge in [0, 0.05) is 25.2 Å². The lowest BCUT2D eigenvalue weighted by Crippen LogP contribution is -2.43. The minimum absolute atomic E-state index is 0.000837. The van der Waals surface area contributed by atoms with Crippen molar-refractivity contribution in [1.82, 2.24) is 10.2 Å². The van der Waals surface area contributed by atoms with Crippen molar-refractivity contribution in [2.75, 3.05) is 54.2 Å². The number of nitrogens with zero attached hydrogens (tertiary/aromatic N) is 1. The monoisotopic (exact) mass is 400 g/mol. The van der Waals surface area contributed by atoms with Crippen molar-refractivity contribution in [2.45, 2.75) is 6.04 Å². The van der Waals surface area contributed by atoms with Crippen LogP contribution in [0.3, 0.4) is 0 Å². The van der Waals surface area contributed by atoms with Crippen LogP contribution < -0.4 is 19.5 Å². The number of hydrogen-bond donors (Lipinski definition) is 1.